The van der Waals surface area contributed by atoms with E-state index >= 15 is 0 Å². The van der Waals surface area contributed by atoms with Crippen molar-refractivity contribution < 1.29 is 4.42 Å². The second-order valence-electron chi connectivity index (χ2n) is 5.84. The maximum absolute atomic E-state index is 5.32. The molecular formula is C15H24N2O. The van der Waals surface area contributed by atoms with Crippen LogP contribution in [0.1, 0.15) is 37.9 Å². The van der Waals surface area contributed by atoms with Gasteiger partial charge in [0.15, 0.2) is 0 Å². The fourth-order valence-electron chi connectivity index (χ4n) is 3.51. The fourth-order valence-corrected chi connectivity index (χ4v) is 3.51. The fraction of sp³-hybridized carbons (Fsp3) is 0.733. The number of fused-ring (bicyclic) bond motifs is 2. The van der Waals surface area contributed by atoms with Gasteiger partial charge >= 0.3 is 0 Å². The largest absolute Gasteiger partial charge is 0.469 e. The molecule has 0 spiro atoms. The van der Waals surface area contributed by atoms with Gasteiger partial charge in [-0.05, 0) is 56.7 Å². The summed E-state index contributed by atoms with van der Waals surface area (Å²) in [5, 5.41) is 7.25. The van der Waals surface area contributed by atoms with Crippen LogP contribution in [0, 0.1) is 5.92 Å². The lowest BCUT2D eigenvalue weighted by molar-refractivity contribution is 0.283. The minimum absolute atomic E-state index is 0.830. The maximum atomic E-state index is 5.32. The molecule has 0 saturated carbocycles. The lowest BCUT2D eigenvalue weighted by Crippen LogP contribution is -2.38. The molecule has 3 heterocycles. The molecule has 0 aromatic carbocycles. The summed E-state index contributed by atoms with van der Waals surface area (Å²) in [6.07, 6.45) is 9.71. The molecular weight excluding hydrogens is 224 g/mol. The molecule has 2 fully saturated rings. The molecule has 3 rings (SSSR count). The van der Waals surface area contributed by atoms with Crippen molar-refractivity contribution in [3.63, 3.8) is 0 Å². The predicted molar refractivity (Wildman–Crippen MR) is 72.6 cm³/mol. The van der Waals surface area contributed by atoms with Gasteiger partial charge in [0.25, 0.3) is 0 Å². The molecule has 2 bridgehead atoms. The first-order chi connectivity index (χ1) is 8.90. The van der Waals surface area contributed by atoms with Gasteiger partial charge in [-0.15, -0.1) is 0 Å². The van der Waals surface area contributed by atoms with E-state index in [1.54, 1.807) is 6.26 Å². The Kier molecular flexibility index (Phi) is 4.01. The lowest BCUT2D eigenvalue weighted by atomic mass is 9.90. The highest BCUT2D eigenvalue weighted by Crippen LogP contribution is 2.32. The molecule has 100 valence electrons. The van der Waals surface area contributed by atoms with Crippen LogP contribution in [-0.2, 0) is 6.42 Å². The van der Waals surface area contributed by atoms with Crippen LogP contribution in [0.3, 0.4) is 0 Å². The minimum Gasteiger partial charge on any atom is -0.469 e. The second kappa shape index (κ2) is 5.89. The number of rotatable bonds is 6. The maximum Gasteiger partial charge on any atom is 0.105 e. The summed E-state index contributed by atoms with van der Waals surface area (Å²) in [6, 6.07) is 5.67. The van der Waals surface area contributed by atoms with Gasteiger partial charge in [-0.25, -0.2) is 0 Å². The van der Waals surface area contributed by atoms with Crippen LogP contribution in [0.25, 0.3) is 0 Å². The zero-order valence-corrected chi connectivity index (χ0v) is 11.0. The van der Waals surface area contributed by atoms with Gasteiger partial charge in [-0.3, -0.25) is 0 Å². The number of furan rings is 1. The topological polar surface area (TPSA) is 37.2 Å². The van der Waals surface area contributed by atoms with Gasteiger partial charge in [0.05, 0.1) is 6.26 Å². The molecule has 2 atom stereocenters. The third-order valence-corrected chi connectivity index (χ3v) is 4.43. The van der Waals surface area contributed by atoms with E-state index in [9.17, 15) is 0 Å². The van der Waals surface area contributed by atoms with E-state index in [-0.39, 0.29) is 0 Å². The third-order valence-electron chi connectivity index (χ3n) is 4.43. The van der Waals surface area contributed by atoms with Gasteiger partial charge in [0.1, 0.15) is 5.76 Å². The first kappa shape index (κ1) is 12.2. The van der Waals surface area contributed by atoms with Crippen molar-refractivity contribution in [1.29, 1.82) is 0 Å². The zero-order valence-electron chi connectivity index (χ0n) is 11.0. The SMILES string of the molecule is c1coc(CCNCCC2CC3CCC(C2)N3)c1. The molecule has 3 nitrogen and oxygen atoms in total. The predicted octanol–water partition coefficient (Wildman–Crippen LogP) is 2.33. The molecule has 0 aliphatic carbocycles. The summed E-state index contributed by atoms with van der Waals surface area (Å²) in [6.45, 7) is 2.19. The minimum atomic E-state index is 0.830. The van der Waals surface area contributed by atoms with E-state index in [1.165, 1.54) is 32.1 Å². The van der Waals surface area contributed by atoms with Crippen molar-refractivity contribution in [3.8, 4) is 0 Å². The molecule has 3 heteroatoms. The van der Waals surface area contributed by atoms with E-state index < -0.39 is 0 Å². The quantitative estimate of drug-likeness (QED) is 0.759. The van der Waals surface area contributed by atoms with Gasteiger partial charge in [-0.1, -0.05) is 0 Å². The molecule has 2 aliphatic rings. The third kappa shape index (κ3) is 3.15. The van der Waals surface area contributed by atoms with Crippen molar-refractivity contribution in [2.75, 3.05) is 13.1 Å². The Labute approximate surface area is 109 Å². The average molecular weight is 248 g/mol. The van der Waals surface area contributed by atoms with Crippen LogP contribution >= 0.6 is 0 Å². The number of hydrogen-bond donors (Lipinski definition) is 2. The van der Waals surface area contributed by atoms with Crippen LogP contribution in [0.4, 0.5) is 0 Å². The molecule has 1 aromatic rings. The molecule has 18 heavy (non-hydrogen) atoms. The molecule has 2 unspecified atom stereocenters. The van der Waals surface area contributed by atoms with E-state index in [0.717, 1.165) is 43.3 Å². The average Bonchev–Trinajstić information content (AvgIpc) is 2.99. The second-order valence-corrected chi connectivity index (χ2v) is 5.84. The molecule has 0 amide bonds. The summed E-state index contributed by atoms with van der Waals surface area (Å²) in [5.41, 5.74) is 0. The van der Waals surface area contributed by atoms with Gasteiger partial charge in [0, 0.05) is 25.0 Å². The van der Waals surface area contributed by atoms with Gasteiger partial charge in [0.2, 0.25) is 0 Å². The monoisotopic (exact) mass is 248 g/mol. The van der Waals surface area contributed by atoms with Crippen molar-refractivity contribution in [1.82, 2.24) is 10.6 Å². The van der Waals surface area contributed by atoms with Crippen LogP contribution in [0.15, 0.2) is 22.8 Å². The normalized spacial score (nSPS) is 30.8. The highest BCUT2D eigenvalue weighted by Gasteiger charge is 2.32. The van der Waals surface area contributed by atoms with Gasteiger partial charge in [-0.2, -0.15) is 0 Å². The standard InChI is InChI=1S/C15H24N2O/c1-2-15(18-9-1)6-8-16-7-5-12-10-13-3-4-14(11-12)17-13/h1-2,9,12-14,16-17H,3-8,10-11H2. The smallest absolute Gasteiger partial charge is 0.105 e. The highest BCUT2D eigenvalue weighted by molar-refractivity contribution is 4.98. The van der Waals surface area contributed by atoms with Gasteiger partial charge < -0.3 is 15.1 Å². The Morgan fingerprint density at radius 2 is 2.06 bits per heavy atom. The Morgan fingerprint density at radius 1 is 1.22 bits per heavy atom. The molecule has 2 saturated heterocycles. The number of nitrogens with one attached hydrogen (secondary N) is 2. The first-order valence-corrected chi connectivity index (χ1v) is 7.39. The Bertz CT molecular complexity index is 337. The van der Waals surface area contributed by atoms with Crippen molar-refractivity contribution in [3.05, 3.63) is 24.2 Å². The molecule has 2 N–H and O–H groups in total. The molecule has 0 radical (unpaired) electrons. The van der Waals surface area contributed by atoms with E-state index in [2.05, 4.69) is 10.6 Å². The van der Waals surface area contributed by atoms with Crippen LogP contribution < -0.4 is 10.6 Å². The van der Waals surface area contributed by atoms with E-state index in [0.29, 0.717) is 0 Å². The highest BCUT2D eigenvalue weighted by atomic mass is 16.3. The zero-order chi connectivity index (χ0) is 12.2. The lowest BCUT2D eigenvalue weighted by Gasteiger charge is -2.29. The van der Waals surface area contributed by atoms with Crippen LogP contribution in [-0.4, -0.2) is 25.2 Å². The molecule has 1 aromatic heterocycles. The Hall–Kier alpha value is -0.800. The Balaban J connectivity index is 1.28. The van der Waals surface area contributed by atoms with Crippen LogP contribution in [0.5, 0.6) is 0 Å². The Morgan fingerprint density at radius 3 is 2.78 bits per heavy atom. The summed E-state index contributed by atoms with van der Waals surface area (Å²) >= 11 is 0. The molecule has 2 aliphatic heterocycles. The van der Waals surface area contributed by atoms with Crippen molar-refractivity contribution in [2.24, 2.45) is 5.92 Å². The van der Waals surface area contributed by atoms with E-state index in [4.69, 9.17) is 4.42 Å². The summed E-state index contributed by atoms with van der Waals surface area (Å²) in [5.74, 6) is 2.03. The van der Waals surface area contributed by atoms with E-state index in [1.807, 2.05) is 12.1 Å². The van der Waals surface area contributed by atoms with Crippen LogP contribution in [0.2, 0.25) is 0 Å². The summed E-state index contributed by atoms with van der Waals surface area (Å²) in [4.78, 5) is 0. The number of piperidine rings is 1. The van der Waals surface area contributed by atoms with Crippen molar-refractivity contribution in [2.45, 2.75) is 50.6 Å². The van der Waals surface area contributed by atoms with Crippen molar-refractivity contribution >= 4 is 0 Å². The summed E-state index contributed by atoms with van der Waals surface area (Å²) < 4.78 is 5.32. The number of hydrogen-bond acceptors (Lipinski definition) is 3. The first-order valence-electron chi connectivity index (χ1n) is 7.39. The summed E-state index contributed by atoms with van der Waals surface area (Å²) in [7, 11) is 0.